The molecule has 0 aliphatic carbocycles. The number of carbonyl (C=O) groups is 2. The fourth-order valence-electron chi connectivity index (χ4n) is 1.54. The highest BCUT2D eigenvalue weighted by molar-refractivity contribution is 5.83. The molecule has 1 atom stereocenters. The molecule has 19 heavy (non-hydrogen) atoms. The highest BCUT2D eigenvalue weighted by atomic mass is 16.4. The standard InChI is InChI=1S/C13H19N3O3/c1-9(2)8-11(12(17)18)14-13(19)16-15-10-6-4-3-5-7-10/h3-7,9,11,15H,8H2,1-2H3,(H,17,18)(H2,14,16,19)/t11-/m0/s1. The van der Waals surface area contributed by atoms with Crippen LogP contribution in [0.2, 0.25) is 0 Å². The monoisotopic (exact) mass is 265 g/mol. The molecule has 104 valence electrons. The number of amides is 2. The van der Waals surface area contributed by atoms with Crippen molar-refractivity contribution in [1.82, 2.24) is 10.7 Å². The number of hydrogen-bond donors (Lipinski definition) is 4. The summed E-state index contributed by atoms with van der Waals surface area (Å²) in [5.74, 6) is -0.855. The van der Waals surface area contributed by atoms with E-state index >= 15 is 0 Å². The van der Waals surface area contributed by atoms with Crippen LogP contribution in [-0.4, -0.2) is 23.1 Å². The van der Waals surface area contributed by atoms with Gasteiger partial charge >= 0.3 is 12.0 Å². The number of anilines is 1. The fraction of sp³-hybridized carbons (Fsp3) is 0.385. The van der Waals surface area contributed by atoms with Crippen molar-refractivity contribution in [2.24, 2.45) is 5.92 Å². The Morgan fingerprint density at radius 3 is 2.37 bits per heavy atom. The zero-order valence-electron chi connectivity index (χ0n) is 11.0. The van der Waals surface area contributed by atoms with E-state index in [-0.39, 0.29) is 5.92 Å². The van der Waals surface area contributed by atoms with Gasteiger partial charge in [0.15, 0.2) is 0 Å². The Kier molecular flexibility index (Phi) is 5.66. The van der Waals surface area contributed by atoms with Crippen LogP contribution < -0.4 is 16.2 Å². The number of aliphatic carboxylic acids is 1. The van der Waals surface area contributed by atoms with Gasteiger partial charge in [-0.25, -0.2) is 9.59 Å². The molecule has 1 aromatic rings. The predicted molar refractivity (Wildman–Crippen MR) is 72.6 cm³/mol. The lowest BCUT2D eigenvalue weighted by Gasteiger charge is -2.17. The van der Waals surface area contributed by atoms with E-state index in [2.05, 4.69) is 16.2 Å². The number of nitrogens with one attached hydrogen (secondary N) is 3. The summed E-state index contributed by atoms with van der Waals surface area (Å²) in [6, 6.07) is 7.59. The van der Waals surface area contributed by atoms with E-state index in [1.165, 1.54) is 0 Å². The lowest BCUT2D eigenvalue weighted by molar-refractivity contribution is -0.139. The van der Waals surface area contributed by atoms with Crippen molar-refractivity contribution in [3.63, 3.8) is 0 Å². The molecule has 0 aromatic heterocycles. The van der Waals surface area contributed by atoms with Crippen molar-refractivity contribution in [3.8, 4) is 0 Å². The number of hydrogen-bond acceptors (Lipinski definition) is 3. The van der Waals surface area contributed by atoms with Gasteiger partial charge in [0.05, 0.1) is 5.69 Å². The molecule has 0 unspecified atom stereocenters. The van der Waals surface area contributed by atoms with Crippen LogP contribution in [0.4, 0.5) is 10.5 Å². The van der Waals surface area contributed by atoms with Crippen LogP contribution in [0.1, 0.15) is 20.3 Å². The first-order valence-corrected chi connectivity index (χ1v) is 6.09. The van der Waals surface area contributed by atoms with E-state index in [0.717, 1.165) is 0 Å². The molecule has 0 radical (unpaired) electrons. The Labute approximate surface area is 112 Å². The van der Waals surface area contributed by atoms with Gasteiger partial charge in [0, 0.05) is 0 Å². The molecule has 2 amide bonds. The summed E-state index contributed by atoms with van der Waals surface area (Å²) in [5.41, 5.74) is 5.80. The first-order valence-electron chi connectivity index (χ1n) is 6.09. The number of rotatable bonds is 6. The lowest BCUT2D eigenvalue weighted by atomic mass is 10.0. The molecule has 1 aromatic carbocycles. The second-order valence-corrected chi connectivity index (χ2v) is 4.61. The summed E-state index contributed by atoms with van der Waals surface area (Å²) in [4.78, 5) is 22.5. The second kappa shape index (κ2) is 7.25. The van der Waals surface area contributed by atoms with Gasteiger partial charge in [0.2, 0.25) is 0 Å². The van der Waals surface area contributed by atoms with Crippen LogP contribution >= 0.6 is 0 Å². The van der Waals surface area contributed by atoms with Gasteiger partial charge in [0.1, 0.15) is 6.04 Å². The molecule has 0 bridgehead atoms. The van der Waals surface area contributed by atoms with Crippen LogP contribution in [0.5, 0.6) is 0 Å². The summed E-state index contributed by atoms with van der Waals surface area (Å²) in [6.45, 7) is 3.80. The predicted octanol–water partition coefficient (Wildman–Crippen LogP) is 1.81. The number of carboxylic acid groups (broad SMARTS) is 1. The normalized spacial score (nSPS) is 11.7. The van der Waals surface area contributed by atoms with E-state index in [9.17, 15) is 9.59 Å². The van der Waals surface area contributed by atoms with Gasteiger partial charge in [-0.3, -0.25) is 10.9 Å². The molecule has 6 heteroatoms. The quantitative estimate of drug-likeness (QED) is 0.590. The average Bonchev–Trinajstić information content (AvgIpc) is 2.36. The van der Waals surface area contributed by atoms with Gasteiger partial charge in [0.25, 0.3) is 0 Å². The molecule has 0 spiro atoms. The van der Waals surface area contributed by atoms with Crippen molar-refractivity contribution in [2.75, 3.05) is 5.43 Å². The summed E-state index contributed by atoms with van der Waals surface area (Å²) in [6.07, 6.45) is 0.383. The maximum absolute atomic E-state index is 11.6. The molecular weight excluding hydrogens is 246 g/mol. The van der Waals surface area contributed by atoms with E-state index < -0.39 is 18.0 Å². The SMILES string of the molecule is CC(C)C[C@H](NC(=O)NNc1ccccc1)C(=O)O. The Morgan fingerprint density at radius 2 is 1.84 bits per heavy atom. The fourth-order valence-corrected chi connectivity index (χ4v) is 1.54. The van der Waals surface area contributed by atoms with Gasteiger partial charge in [-0.15, -0.1) is 0 Å². The third kappa shape index (κ3) is 5.76. The maximum Gasteiger partial charge on any atom is 0.334 e. The van der Waals surface area contributed by atoms with E-state index in [4.69, 9.17) is 5.11 Å². The molecule has 0 fully saturated rings. The molecule has 0 aliphatic rings. The van der Waals surface area contributed by atoms with Crippen molar-refractivity contribution in [3.05, 3.63) is 30.3 Å². The average molecular weight is 265 g/mol. The Morgan fingerprint density at radius 1 is 1.21 bits per heavy atom. The third-order valence-corrected chi connectivity index (χ3v) is 2.40. The Hall–Kier alpha value is -2.24. The smallest absolute Gasteiger partial charge is 0.334 e. The van der Waals surface area contributed by atoms with Gasteiger partial charge in [-0.2, -0.15) is 0 Å². The van der Waals surface area contributed by atoms with Crippen molar-refractivity contribution in [2.45, 2.75) is 26.3 Å². The third-order valence-electron chi connectivity index (χ3n) is 2.40. The molecular formula is C13H19N3O3. The molecule has 1 rings (SSSR count). The minimum absolute atomic E-state index is 0.184. The Balaban J connectivity index is 2.42. The van der Waals surface area contributed by atoms with Crippen molar-refractivity contribution < 1.29 is 14.7 Å². The largest absolute Gasteiger partial charge is 0.480 e. The minimum atomic E-state index is -1.04. The van der Waals surface area contributed by atoms with Crippen LogP contribution in [-0.2, 0) is 4.79 Å². The molecule has 0 aliphatic heterocycles. The summed E-state index contributed by atoms with van der Waals surface area (Å²) >= 11 is 0. The number of carboxylic acids is 1. The Bertz CT molecular complexity index is 420. The van der Waals surface area contributed by atoms with Gasteiger partial charge in [-0.05, 0) is 24.5 Å². The number of benzene rings is 1. The maximum atomic E-state index is 11.6. The molecule has 0 heterocycles. The molecule has 0 saturated heterocycles. The van der Waals surface area contributed by atoms with Crippen LogP contribution in [0.3, 0.4) is 0 Å². The first-order chi connectivity index (χ1) is 8.99. The second-order valence-electron chi connectivity index (χ2n) is 4.61. The highest BCUT2D eigenvalue weighted by Gasteiger charge is 2.20. The summed E-state index contributed by atoms with van der Waals surface area (Å²) < 4.78 is 0. The number of hydrazine groups is 1. The van der Waals surface area contributed by atoms with E-state index in [1.54, 1.807) is 12.1 Å². The van der Waals surface area contributed by atoms with Crippen molar-refractivity contribution >= 4 is 17.7 Å². The zero-order valence-corrected chi connectivity index (χ0v) is 11.0. The van der Waals surface area contributed by atoms with Crippen molar-refractivity contribution in [1.29, 1.82) is 0 Å². The topological polar surface area (TPSA) is 90.5 Å². The summed E-state index contributed by atoms with van der Waals surface area (Å²) in [7, 11) is 0. The highest BCUT2D eigenvalue weighted by Crippen LogP contribution is 2.05. The van der Waals surface area contributed by atoms with Crippen LogP contribution in [0, 0.1) is 5.92 Å². The van der Waals surface area contributed by atoms with E-state index in [0.29, 0.717) is 12.1 Å². The number of carbonyl (C=O) groups excluding carboxylic acids is 1. The van der Waals surface area contributed by atoms with Gasteiger partial charge in [-0.1, -0.05) is 32.0 Å². The first kappa shape index (κ1) is 14.8. The van der Waals surface area contributed by atoms with Crippen LogP contribution in [0.25, 0.3) is 0 Å². The number of para-hydroxylation sites is 1. The summed E-state index contributed by atoms with van der Waals surface area (Å²) in [5, 5.41) is 11.4. The van der Waals surface area contributed by atoms with E-state index in [1.807, 2.05) is 32.0 Å². The number of urea groups is 1. The van der Waals surface area contributed by atoms with Gasteiger partial charge < -0.3 is 10.4 Å². The lowest BCUT2D eigenvalue weighted by Crippen LogP contribution is -2.48. The van der Waals surface area contributed by atoms with Crippen LogP contribution in [0.15, 0.2) is 30.3 Å². The minimum Gasteiger partial charge on any atom is -0.480 e. The molecule has 6 nitrogen and oxygen atoms in total. The molecule has 0 saturated carbocycles. The molecule has 4 N–H and O–H groups in total. The zero-order chi connectivity index (χ0) is 14.3.